The molecule has 2 aromatic rings. The van der Waals surface area contributed by atoms with Gasteiger partial charge in [-0.3, -0.25) is 0 Å². The molecule has 1 atom stereocenters. The highest BCUT2D eigenvalue weighted by Gasteiger charge is 2.13. The molecule has 0 bridgehead atoms. The van der Waals surface area contributed by atoms with E-state index in [9.17, 15) is 0 Å². The van der Waals surface area contributed by atoms with Gasteiger partial charge in [-0.15, -0.1) is 10.2 Å². The lowest BCUT2D eigenvalue weighted by atomic mass is 10.1. The van der Waals surface area contributed by atoms with Crippen LogP contribution in [0.5, 0.6) is 0 Å². The van der Waals surface area contributed by atoms with E-state index in [1.54, 1.807) is 0 Å². The second-order valence-corrected chi connectivity index (χ2v) is 5.36. The van der Waals surface area contributed by atoms with Crippen LogP contribution in [0.25, 0.3) is 10.6 Å². The summed E-state index contributed by atoms with van der Waals surface area (Å²) in [6.45, 7) is 4.07. The number of halogens is 1. The average molecular weight is 268 g/mol. The van der Waals surface area contributed by atoms with Crippen LogP contribution in [0.2, 0.25) is 5.02 Å². The van der Waals surface area contributed by atoms with Gasteiger partial charge in [0.2, 0.25) is 0 Å². The van der Waals surface area contributed by atoms with E-state index in [1.807, 2.05) is 32.0 Å². The second-order valence-electron chi connectivity index (χ2n) is 3.92. The fraction of sp³-hybridized carbons (Fsp3) is 0.333. The minimum absolute atomic E-state index is 0.0271. The molecule has 0 aliphatic carbocycles. The third-order valence-electron chi connectivity index (χ3n) is 2.63. The molecule has 3 nitrogen and oxygen atoms in total. The number of nitrogens with two attached hydrogens (primary N) is 1. The number of nitrogens with zero attached hydrogens (tertiary/aromatic N) is 2. The predicted molar refractivity (Wildman–Crippen MR) is 72.3 cm³/mol. The van der Waals surface area contributed by atoms with Crippen molar-refractivity contribution in [1.82, 2.24) is 10.2 Å². The molecule has 0 aliphatic heterocycles. The summed E-state index contributed by atoms with van der Waals surface area (Å²) in [6.07, 6.45) is 0.864. The molecular weight excluding hydrogens is 254 g/mol. The number of hydrogen-bond acceptors (Lipinski definition) is 4. The first-order valence-corrected chi connectivity index (χ1v) is 6.66. The quantitative estimate of drug-likeness (QED) is 0.925. The fourth-order valence-electron chi connectivity index (χ4n) is 1.49. The molecule has 1 aromatic heterocycles. The third-order valence-corrected chi connectivity index (χ3v) is 3.95. The second kappa shape index (κ2) is 5.12. The van der Waals surface area contributed by atoms with Gasteiger partial charge < -0.3 is 5.73 Å². The largest absolute Gasteiger partial charge is 0.322 e. The molecule has 0 spiro atoms. The summed E-state index contributed by atoms with van der Waals surface area (Å²) < 4.78 is 0. The van der Waals surface area contributed by atoms with Crippen molar-refractivity contribution in [3.05, 3.63) is 33.8 Å². The minimum atomic E-state index is -0.0271. The van der Waals surface area contributed by atoms with Gasteiger partial charge in [-0.2, -0.15) is 0 Å². The summed E-state index contributed by atoms with van der Waals surface area (Å²) in [5, 5.41) is 10.8. The van der Waals surface area contributed by atoms with Crippen LogP contribution in [-0.2, 0) is 0 Å². The lowest BCUT2D eigenvalue weighted by Gasteiger charge is -2.02. The number of aromatic nitrogens is 2. The van der Waals surface area contributed by atoms with Crippen LogP contribution in [0.4, 0.5) is 0 Å². The van der Waals surface area contributed by atoms with E-state index < -0.39 is 0 Å². The molecule has 0 aliphatic rings. The molecule has 0 saturated carbocycles. The van der Waals surface area contributed by atoms with Gasteiger partial charge in [0.15, 0.2) is 0 Å². The topological polar surface area (TPSA) is 51.8 Å². The van der Waals surface area contributed by atoms with Gasteiger partial charge in [-0.05, 0) is 31.0 Å². The van der Waals surface area contributed by atoms with Crippen molar-refractivity contribution in [1.29, 1.82) is 0 Å². The highest BCUT2D eigenvalue weighted by Crippen LogP contribution is 2.30. The van der Waals surface area contributed by atoms with E-state index in [1.165, 1.54) is 11.3 Å². The van der Waals surface area contributed by atoms with Crippen molar-refractivity contribution in [2.45, 2.75) is 26.3 Å². The minimum Gasteiger partial charge on any atom is -0.322 e. The fourth-order valence-corrected chi connectivity index (χ4v) is 2.67. The zero-order chi connectivity index (χ0) is 12.4. The molecule has 17 heavy (non-hydrogen) atoms. The van der Waals surface area contributed by atoms with Crippen molar-refractivity contribution >= 4 is 22.9 Å². The van der Waals surface area contributed by atoms with Gasteiger partial charge in [0.25, 0.3) is 0 Å². The van der Waals surface area contributed by atoms with Crippen LogP contribution in [0.15, 0.2) is 18.2 Å². The molecule has 0 radical (unpaired) electrons. The van der Waals surface area contributed by atoms with Gasteiger partial charge >= 0.3 is 0 Å². The van der Waals surface area contributed by atoms with Gasteiger partial charge in [0.05, 0.1) is 6.04 Å². The van der Waals surface area contributed by atoms with Crippen LogP contribution in [-0.4, -0.2) is 10.2 Å². The number of aryl methyl sites for hydroxylation is 1. The van der Waals surface area contributed by atoms with Gasteiger partial charge in [0.1, 0.15) is 10.0 Å². The number of hydrogen-bond donors (Lipinski definition) is 1. The van der Waals surface area contributed by atoms with Crippen LogP contribution in [0, 0.1) is 6.92 Å². The van der Waals surface area contributed by atoms with Crippen molar-refractivity contribution in [2.24, 2.45) is 5.73 Å². The third kappa shape index (κ3) is 2.65. The zero-order valence-corrected chi connectivity index (χ0v) is 11.3. The molecule has 1 aromatic carbocycles. The SMILES string of the molecule is CCC(N)c1nnc(-c2cc(Cl)ccc2C)s1. The smallest absolute Gasteiger partial charge is 0.148 e. The van der Waals surface area contributed by atoms with Crippen molar-refractivity contribution in [3.63, 3.8) is 0 Å². The predicted octanol–water partition coefficient (Wildman–Crippen LogP) is 3.58. The molecule has 0 amide bonds. The van der Waals surface area contributed by atoms with E-state index in [0.29, 0.717) is 5.02 Å². The van der Waals surface area contributed by atoms with Gasteiger partial charge in [-0.25, -0.2) is 0 Å². The monoisotopic (exact) mass is 267 g/mol. The molecule has 2 N–H and O–H groups in total. The molecular formula is C12H14ClN3S. The Morgan fingerprint density at radius 3 is 2.88 bits per heavy atom. The first-order chi connectivity index (χ1) is 8.11. The van der Waals surface area contributed by atoms with Crippen molar-refractivity contribution < 1.29 is 0 Å². The Kier molecular flexibility index (Phi) is 3.76. The lowest BCUT2D eigenvalue weighted by Crippen LogP contribution is -2.07. The summed E-state index contributed by atoms with van der Waals surface area (Å²) in [4.78, 5) is 0. The molecule has 0 fully saturated rings. The van der Waals surface area contributed by atoms with Crippen molar-refractivity contribution in [2.75, 3.05) is 0 Å². The van der Waals surface area contributed by atoms with E-state index in [4.69, 9.17) is 17.3 Å². The Hall–Kier alpha value is -0.970. The first kappa shape index (κ1) is 12.5. The Labute approximate surface area is 110 Å². The summed E-state index contributed by atoms with van der Waals surface area (Å²) >= 11 is 7.53. The molecule has 1 heterocycles. The first-order valence-electron chi connectivity index (χ1n) is 5.47. The van der Waals surface area contributed by atoms with Crippen LogP contribution < -0.4 is 5.73 Å². The summed E-state index contributed by atoms with van der Waals surface area (Å²) in [7, 11) is 0. The maximum absolute atomic E-state index is 6.00. The highest BCUT2D eigenvalue weighted by molar-refractivity contribution is 7.14. The number of benzene rings is 1. The molecule has 90 valence electrons. The van der Waals surface area contributed by atoms with E-state index in [2.05, 4.69) is 10.2 Å². The maximum atomic E-state index is 6.00. The maximum Gasteiger partial charge on any atom is 0.148 e. The lowest BCUT2D eigenvalue weighted by molar-refractivity contribution is 0.683. The normalized spacial score (nSPS) is 12.7. The van der Waals surface area contributed by atoms with Crippen molar-refractivity contribution in [3.8, 4) is 10.6 Å². The standard InChI is InChI=1S/C12H14ClN3S/c1-3-10(14)12-16-15-11(17-12)9-6-8(13)5-4-7(9)2/h4-6,10H,3,14H2,1-2H3. The molecule has 2 rings (SSSR count). The van der Waals surface area contributed by atoms with Crippen LogP contribution >= 0.6 is 22.9 Å². The van der Waals surface area contributed by atoms with Crippen LogP contribution in [0.3, 0.4) is 0 Å². The van der Waals surface area contributed by atoms with Gasteiger partial charge in [-0.1, -0.05) is 35.9 Å². The number of rotatable bonds is 3. The molecule has 1 unspecified atom stereocenters. The Bertz CT molecular complexity index is 524. The Morgan fingerprint density at radius 1 is 1.41 bits per heavy atom. The molecule has 5 heteroatoms. The summed E-state index contributed by atoms with van der Waals surface area (Å²) in [5.74, 6) is 0. The van der Waals surface area contributed by atoms with E-state index >= 15 is 0 Å². The Morgan fingerprint density at radius 2 is 2.18 bits per heavy atom. The Balaban J connectivity index is 2.40. The van der Waals surface area contributed by atoms with Gasteiger partial charge in [0, 0.05) is 10.6 Å². The zero-order valence-electron chi connectivity index (χ0n) is 9.77. The molecule has 0 saturated heterocycles. The average Bonchev–Trinajstić information content (AvgIpc) is 2.80. The summed E-state index contributed by atoms with van der Waals surface area (Å²) in [5.41, 5.74) is 8.11. The van der Waals surface area contributed by atoms with E-state index in [0.717, 1.165) is 27.6 Å². The van der Waals surface area contributed by atoms with E-state index in [-0.39, 0.29) is 6.04 Å². The van der Waals surface area contributed by atoms with Crippen LogP contribution in [0.1, 0.15) is 30.0 Å². The summed E-state index contributed by atoms with van der Waals surface area (Å²) in [6, 6.07) is 5.75. The highest BCUT2D eigenvalue weighted by atomic mass is 35.5.